The molecule has 1 heterocycles. The van der Waals surface area contributed by atoms with E-state index in [0.29, 0.717) is 19.0 Å². The highest BCUT2D eigenvalue weighted by Gasteiger charge is 2.17. The molecule has 0 aliphatic rings. The van der Waals surface area contributed by atoms with Crippen LogP contribution in [0.15, 0.2) is 6.20 Å². The molecule has 9 heteroatoms. The van der Waals surface area contributed by atoms with Crippen LogP contribution in [0.4, 0.5) is 17.5 Å². The second-order valence-corrected chi connectivity index (χ2v) is 3.85. The highest BCUT2D eigenvalue weighted by atomic mass is 16.6. The first-order valence-corrected chi connectivity index (χ1v) is 6.34. The maximum atomic E-state index is 11.3. The molecule has 1 aromatic rings. The molecule has 1 rings (SSSR count). The van der Waals surface area contributed by atoms with Gasteiger partial charge in [0.05, 0.1) is 4.92 Å². The summed E-state index contributed by atoms with van der Waals surface area (Å²) in [5.74, 6) is 0.285. The van der Waals surface area contributed by atoms with Gasteiger partial charge in [-0.05, 0) is 13.8 Å². The van der Waals surface area contributed by atoms with Crippen LogP contribution in [0.5, 0.6) is 0 Å². The van der Waals surface area contributed by atoms with Crippen molar-refractivity contribution in [1.29, 1.82) is 0 Å². The van der Waals surface area contributed by atoms with Gasteiger partial charge in [0.2, 0.25) is 17.7 Å². The number of anilines is 2. The van der Waals surface area contributed by atoms with E-state index in [4.69, 9.17) is 0 Å². The quantitative estimate of drug-likeness (QED) is 0.475. The molecule has 0 aromatic carbocycles. The molecule has 0 unspecified atom stereocenters. The monoisotopic (exact) mass is 282 g/mol. The van der Waals surface area contributed by atoms with Crippen molar-refractivity contribution >= 4 is 23.4 Å². The molecular weight excluding hydrogens is 264 g/mol. The van der Waals surface area contributed by atoms with E-state index in [-0.39, 0.29) is 30.4 Å². The van der Waals surface area contributed by atoms with Crippen LogP contribution in [0.2, 0.25) is 0 Å². The Kier molecular flexibility index (Phi) is 6.14. The van der Waals surface area contributed by atoms with Gasteiger partial charge in [-0.3, -0.25) is 14.9 Å². The summed E-state index contributed by atoms with van der Waals surface area (Å²) in [6, 6.07) is 0. The van der Waals surface area contributed by atoms with Crippen LogP contribution in [0.1, 0.15) is 20.3 Å². The molecule has 9 nitrogen and oxygen atoms in total. The fraction of sp³-hybridized carbons (Fsp3) is 0.545. The van der Waals surface area contributed by atoms with E-state index in [1.807, 2.05) is 13.8 Å². The van der Waals surface area contributed by atoms with E-state index in [1.54, 1.807) is 0 Å². The zero-order valence-corrected chi connectivity index (χ0v) is 11.5. The second kappa shape index (κ2) is 7.87. The lowest BCUT2D eigenvalue weighted by molar-refractivity contribution is -0.384. The Labute approximate surface area is 116 Å². The number of carbonyl (C=O) groups excluding carboxylic acids is 1. The number of carbonyl (C=O) groups is 1. The predicted octanol–water partition coefficient (Wildman–Crippen LogP) is 0.755. The van der Waals surface area contributed by atoms with Crippen LogP contribution >= 0.6 is 0 Å². The lowest BCUT2D eigenvalue weighted by atomic mass is 10.3. The normalized spacial score (nSPS) is 9.90. The Balaban J connectivity index is 2.72. The third-order valence-electron chi connectivity index (χ3n) is 2.32. The maximum Gasteiger partial charge on any atom is 0.329 e. The van der Waals surface area contributed by atoms with E-state index in [1.165, 1.54) is 0 Å². The number of rotatable bonds is 8. The number of nitrogens with zero attached hydrogens (tertiary/aromatic N) is 3. The van der Waals surface area contributed by atoms with Gasteiger partial charge in [0, 0.05) is 26.1 Å². The summed E-state index contributed by atoms with van der Waals surface area (Å²) < 4.78 is 0. The average Bonchev–Trinajstić information content (AvgIpc) is 2.39. The molecule has 0 radical (unpaired) electrons. The SMILES string of the molecule is CCNC(=O)CCNc1nc(NCC)ncc1[N+](=O)[O-]. The van der Waals surface area contributed by atoms with Crippen LogP contribution in [-0.4, -0.2) is 40.4 Å². The predicted molar refractivity (Wildman–Crippen MR) is 74.6 cm³/mol. The summed E-state index contributed by atoms with van der Waals surface area (Å²) in [7, 11) is 0. The molecule has 0 fully saturated rings. The minimum absolute atomic E-state index is 0.102. The van der Waals surface area contributed by atoms with Crippen LogP contribution in [0.25, 0.3) is 0 Å². The topological polar surface area (TPSA) is 122 Å². The van der Waals surface area contributed by atoms with Crippen molar-refractivity contribution < 1.29 is 9.72 Å². The molecule has 1 aromatic heterocycles. The van der Waals surface area contributed by atoms with Crippen molar-refractivity contribution in [1.82, 2.24) is 15.3 Å². The van der Waals surface area contributed by atoms with Crippen LogP contribution in [0.3, 0.4) is 0 Å². The van der Waals surface area contributed by atoms with E-state index in [9.17, 15) is 14.9 Å². The molecule has 110 valence electrons. The first-order chi connectivity index (χ1) is 9.58. The van der Waals surface area contributed by atoms with Gasteiger partial charge in [0.1, 0.15) is 6.20 Å². The fourth-order valence-electron chi connectivity index (χ4n) is 1.46. The average molecular weight is 282 g/mol. The van der Waals surface area contributed by atoms with Crippen molar-refractivity contribution in [2.75, 3.05) is 30.3 Å². The van der Waals surface area contributed by atoms with Crippen LogP contribution < -0.4 is 16.0 Å². The highest BCUT2D eigenvalue weighted by molar-refractivity contribution is 5.76. The molecule has 0 bridgehead atoms. The standard InChI is InChI=1S/C11H18N6O3/c1-3-12-9(18)5-6-14-10-8(17(19)20)7-15-11(16-10)13-4-2/h7H,3-6H2,1-2H3,(H,12,18)(H2,13,14,15,16). The smallest absolute Gasteiger partial charge is 0.329 e. The summed E-state index contributed by atoms with van der Waals surface area (Å²) >= 11 is 0. The van der Waals surface area contributed by atoms with E-state index in [0.717, 1.165) is 6.20 Å². The lowest BCUT2D eigenvalue weighted by Gasteiger charge is -2.08. The molecule has 0 aliphatic carbocycles. The van der Waals surface area contributed by atoms with Gasteiger partial charge in [-0.15, -0.1) is 0 Å². The Morgan fingerprint density at radius 3 is 2.70 bits per heavy atom. The molecule has 3 N–H and O–H groups in total. The molecule has 0 spiro atoms. The maximum absolute atomic E-state index is 11.3. The largest absolute Gasteiger partial charge is 0.364 e. The Hall–Kier alpha value is -2.45. The molecule has 20 heavy (non-hydrogen) atoms. The summed E-state index contributed by atoms with van der Waals surface area (Å²) in [6.45, 7) is 5.11. The summed E-state index contributed by atoms with van der Waals surface area (Å²) in [6.07, 6.45) is 1.35. The minimum Gasteiger partial charge on any atom is -0.364 e. The van der Waals surface area contributed by atoms with Crippen molar-refractivity contribution in [2.24, 2.45) is 0 Å². The Morgan fingerprint density at radius 1 is 1.35 bits per heavy atom. The van der Waals surface area contributed by atoms with E-state index >= 15 is 0 Å². The Bertz CT molecular complexity index is 479. The molecular formula is C11H18N6O3. The number of nitro groups is 1. The highest BCUT2D eigenvalue weighted by Crippen LogP contribution is 2.21. The summed E-state index contributed by atoms with van der Waals surface area (Å²) in [5.41, 5.74) is -0.220. The Morgan fingerprint density at radius 2 is 2.10 bits per heavy atom. The second-order valence-electron chi connectivity index (χ2n) is 3.85. The summed E-state index contributed by atoms with van der Waals surface area (Å²) in [5, 5.41) is 19.2. The fourth-order valence-corrected chi connectivity index (χ4v) is 1.46. The molecule has 0 atom stereocenters. The molecule has 1 amide bonds. The van der Waals surface area contributed by atoms with Gasteiger partial charge in [-0.1, -0.05) is 0 Å². The van der Waals surface area contributed by atoms with Crippen LogP contribution in [0, 0.1) is 10.1 Å². The van der Waals surface area contributed by atoms with Gasteiger partial charge in [0.15, 0.2) is 0 Å². The van der Waals surface area contributed by atoms with Gasteiger partial charge in [-0.25, -0.2) is 4.98 Å². The summed E-state index contributed by atoms with van der Waals surface area (Å²) in [4.78, 5) is 29.5. The van der Waals surface area contributed by atoms with E-state index in [2.05, 4.69) is 25.9 Å². The third kappa shape index (κ3) is 4.67. The van der Waals surface area contributed by atoms with Crippen LogP contribution in [-0.2, 0) is 4.79 Å². The van der Waals surface area contributed by atoms with Crippen molar-refractivity contribution in [3.8, 4) is 0 Å². The first kappa shape index (κ1) is 15.6. The lowest BCUT2D eigenvalue weighted by Crippen LogP contribution is -2.25. The molecule has 0 saturated carbocycles. The number of hydrogen-bond donors (Lipinski definition) is 3. The van der Waals surface area contributed by atoms with E-state index < -0.39 is 4.92 Å². The van der Waals surface area contributed by atoms with Crippen molar-refractivity contribution in [3.05, 3.63) is 16.3 Å². The zero-order valence-electron chi connectivity index (χ0n) is 11.5. The number of aromatic nitrogens is 2. The number of hydrogen-bond acceptors (Lipinski definition) is 7. The minimum atomic E-state index is -0.565. The number of nitrogens with one attached hydrogen (secondary N) is 3. The van der Waals surface area contributed by atoms with Gasteiger partial charge >= 0.3 is 5.69 Å². The van der Waals surface area contributed by atoms with Crippen molar-refractivity contribution in [3.63, 3.8) is 0 Å². The molecule has 0 saturated heterocycles. The van der Waals surface area contributed by atoms with Gasteiger partial charge in [-0.2, -0.15) is 4.98 Å². The first-order valence-electron chi connectivity index (χ1n) is 6.34. The van der Waals surface area contributed by atoms with Gasteiger partial charge < -0.3 is 16.0 Å². The zero-order chi connectivity index (χ0) is 15.0. The third-order valence-corrected chi connectivity index (χ3v) is 2.32. The van der Waals surface area contributed by atoms with Crippen molar-refractivity contribution in [2.45, 2.75) is 20.3 Å². The van der Waals surface area contributed by atoms with Gasteiger partial charge in [0.25, 0.3) is 0 Å². The number of amides is 1. The molecule has 0 aliphatic heterocycles.